The Morgan fingerprint density at radius 1 is 1.10 bits per heavy atom. The van der Waals surface area contributed by atoms with Crippen LogP contribution in [-0.4, -0.2) is 6.18 Å². The molecule has 118 valence electrons. The molecule has 0 aromatic heterocycles. The summed E-state index contributed by atoms with van der Waals surface area (Å²) in [4.78, 5) is 0. The van der Waals surface area contributed by atoms with Crippen LogP contribution in [0.2, 0.25) is 0 Å². The third kappa shape index (κ3) is 3.71. The Balaban J connectivity index is 2.09. The van der Waals surface area contributed by atoms with Crippen molar-refractivity contribution < 1.29 is 22.0 Å². The molecule has 1 aromatic rings. The van der Waals surface area contributed by atoms with Gasteiger partial charge in [0.2, 0.25) is 0 Å². The number of nitrogens with one attached hydrogen (secondary N) is 1. The third-order valence-corrected chi connectivity index (χ3v) is 4.18. The number of hydrogen-bond acceptors (Lipinski definition) is 2. The van der Waals surface area contributed by atoms with E-state index in [9.17, 15) is 22.0 Å². The van der Waals surface area contributed by atoms with E-state index in [-0.39, 0.29) is 24.3 Å². The predicted molar refractivity (Wildman–Crippen MR) is 67.9 cm³/mol. The van der Waals surface area contributed by atoms with E-state index in [0.717, 1.165) is 12.1 Å². The van der Waals surface area contributed by atoms with Crippen molar-refractivity contribution in [2.24, 2.45) is 17.7 Å². The Labute approximate surface area is 119 Å². The molecule has 0 heterocycles. The van der Waals surface area contributed by atoms with Gasteiger partial charge in [0.25, 0.3) is 0 Å². The minimum absolute atomic E-state index is 0.00909. The molecule has 2 nitrogen and oxygen atoms in total. The van der Waals surface area contributed by atoms with E-state index < -0.39 is 29.8 Å². The molecule has 3 N–H and O–H groups in total. The van der Waals surface area contributed by atoms with Crippen LogP contribution in [-0.2, 0) is 0 Å². The van der Waals surface area contributed by atoms with Crippen LogP contribution in [0.5, 0.6) is 0 Å². The predicted octanol–water partition coefficient (Wildman–Crippen LogP) is 3.84. The molecule has 1 aliphatic carbocycles. The van der Waals surface area contributed by atoms with E-state index in [4.69, 9.17) is 5.84 Å². The van der Waals surface area contributed by atoms with Crippen LogP contribution >= 0.6 is 0 Å². The highest BCUT2D eigenvalue weighted by molar-refractivity contribution is 5.23. The van der Waals surface area contributed by atoms with Crippen molar-refractivity contribution in [2.75, 3.05) is 0 Å². The van der Waals surface area contributed by atoms with Crippen LogP contribution in [0, 0.1) is 23.5 Å². The van der Waals surface area contributed by atoms with Gasteiger partial charge in [0.15, 0.2) is 0 Å². The van der Waals surface area contributed by atoms with Crippen molar-refractivity contribution in [3.05, 3.63) is 35.4 Å². The zero-order valence-corrected chi connectivity index (χ0v) is 11.3. The van der Waals surface area contributed by atoms with Gasteiger partial charge in [-0.1, -0.05) is 6.07 Å². The van der Waals surface area contributed by atoms with Crippen LogP contribution in [0.1, 0.15) is 37.3 Å². The van der Waals surface area contributed by atoms with Gasteiger partial charge in [-0.3, -0.25) is 11.3 Å². The van der Waals surface area contributed by atoms with Gasteiger partial charge < -0.3 is 0 Å². The smallest absolute Gasteiger partial charge is 0.271 e. The molecule has 1 saturated carbocycles. The van der Waals surface area contributed by atoms with Gasteiger partial charge in [-0.25, -0.2) is 8.78 Å². The third-order valence-electron chi connectivity index (χ3n) is 4.18. The Morgan fingerprint density at radius 2 is 1.71 bits per heavy atom. The summed E-state index contributed by atoms with van der Waals surface area (Å²) in [5, 5.41) is 0. The molecule has 0 radical (unpaired) electrons. The molecule has 0 spiro atoms. The summed E-state index contributed by atoms with van der Waals surface area (Å²) >= 11 is 0. The minimum Gasteiger partial charge on any atom is -0.271 e. The van der Waals surface area contributed by atoms with E-state index >= 15 is 0 Å². The van der Waals surface area contributed by atoms with Gasteiger partial charge in [-0.05, 0) is 37.7 Å². The first kappa shape index (κ1) is 16.2. The van der Waals surface area contributed by atoms with Crippen LogP contribution in [0.25, 0.3) is 0 Å². The SMILES string of the molecule is NNC(c1ccc(F)cc1F)C1CCC(C(F)(F)F)CC1. The van der Waals surface area contributed by atoms with Gasteiger partial charge in [-0.15, -0.1) is 0 Å². The van der Waals surface area contributed by atoms with Crippen LogP contribution in [0.3, 0.4) is 0 Å². The number of halogens is 5. The van der Waals surface area contributed by atoms with Crippen LogP contribution in [0.15, 0.2) is 18.2 Å². The summed E-state index contributed by atoms with van der Waals surface area (Å²) in [6, 6.07) is 2.54. The summed E-state index contributed by atoms with van der Waals surface area (Å²) in [5.74, 6) is 2.49. The molecule has 1 unspecified atom stereocenters. The lowest BCUT2D eigenvalue weighted by atomic mass is 9.76. The first-order chi connectivity index (χ1) is 9.82. The maximum Gasteiger partial charge on any atom is 0.391 e. The van der Waals surface area contributed by atoms with Crippen molar-refractivity contribution in [1.82, 2.24) is 5.43 Å². The lowest BCUT2D eigenvalue weighted by Gasteiger charge is -2.34. The monoisotopic (exact) mass is 308 g/mol. The fourth-order valence-corrected chi connectivity index (χ4v) is 3.01. The number of nitrogens with two attached hydrogens (primary N) is 1. The first-order valence-electron chi connectivity index (χ1n) is 6.80. The summed E-state index contributed by atoms with van der Waals surface area (Å²) < 4.78 is 64.6. The lowest BCUT2D eigenvalue weighted by molar-refractivity contribution is -0.184. The standard InChI is InChI=1S/C14H17F5N2/c15-10-5-6-11(12(16)7-10)13(21-20)8-1-3-9(4-2-8)14(17,18)19/h5-9,13,21H,1-4,20H2. The molecule has 0 aliphatic heterocycles. The number of hydrazine groups is 1. The van der Waals surface area contributed by atoms with Gasteiger partial charge in [0.1, 0.15) is 11.6 Å². The van der Waals surface area contributed by atoms with E-state index in [0.29, 0.717) is 12.8 Å². The van der Waals surface area contributed by atoms with E-state index in [1.807, 2.05) is 0 Å². The fraction of sp³-hybridized carbons (Fsp3) is 0.571. The summed E-state index contributed by atoms with van der Waals surface area (Å²) in [6.07, 6.45) is -3.56. The molecule has 1 atom stereocenters. The Kier molecular flexibility index (Phi) is 4.83. The second-order valence-corrected chi connectivity index (χ2v) is 5.46. The lowest BCUT2D eigenvalue weighted by Crippen LogP contribution is -2.37. The van der Waals surface area contributed by atoms with Crippen molar-refractivity contribution in [2.45, 2.75) is 37.9 Å². The second-order valence-electron chi connectivity index (χ2n) is 5.46. The molecule has 2 rings (SSSR count). The van der Waals surface area contributed by atoms with E-state index in [1.54, 1.807) is 0 Å². The summed E-state index contributed by atoms with van der Waals surface area (Å²) in [7, 11) is 0. The van der Waals surface area contributed by atoms with Crippen molar-refractivity contribution >= 4 is 0 Å². The average Bonchev–Trinajstić information content (AvgIpc) is 2.41. The Bertz CT molecular complexity index is 481. The van der Waals surface area contributed by atoms with Crippen molar-refractivity contribution in [3.63, 3.8) is 0 Å². The molecule has 21 heavy (non-hydrogen) atoms. The Hall–Kier alpha value is -1.21. The molecular formula is C14H17F5N2. The first-order valence-corrected chi connectivity index (χ1v) is 6.80. The van der Waals surface area contributed by atoms with Crippen molar-refractivity contribution in [1.29, 1.82) is 0 Å². The molecule has 1 fully saturated rings. The zero-order chi connectivity index (χ0) is 15.6. The molecular weight excluding hydrogens is 291 g/mol. The largest absolute Gasteiger partial charge is 0.391 e. The molecule has 1 aromatic carbocycles. The van der Waals surface area contributed by atoms with E-state index in [1.165, 1.54) is 6.07 Å². The topological polar surface area (TPSA) is 38.0 Å². The maximum absolute atomic E-state index is 13.8. The van der Waals surface area contributed by atoms with E-state index in [2.05, 4.69) is 5.43 Å². The molecule has 0 saturated heterocycles. The van der Waals surface area contributed by atoms with Crippen LogP contribution in [0.4, 0.5) is 22.0 Å². The average molecular weight is 308 g/mol. The van der Waals surface area contributed by atoms with Gasteiger partial charge >= 0.3 is 6.18 Å². The number of rotatable bonds is 3. The van der Waals surface area contributed by atoms with Gasteiger partial charge in [0, 0.05) is 11.6 Å². The van der Waals surface area contributed by atoms with Gasteiger partial charge in [0.05, 0.1) is 12.0 Å². The van der Waals surface area contributed by atoms with Gasteiger partial charge in [-0.2, -0.15) is 13.2 Å². The number of hydrogen-bond donors (Lipinski definition) is 2. The molecule has 1 aliphatic rings. The fourth-order valence-electron chi connectivity index (χ4n) is 3.01. The van der Waals surface area contributed by atoms with Crippen molar-refractivity contribution in [3.8, 4) is 0 Å². The molecule has 7 heteroatoms. The van der Waals surface area contributed by atoms with Crippen LogP contribution < -0.4 is 11.3 Å². The molecule has 0 bridgehead atoms. The highest BCUT2D eigenvalue weighted by atomic mass is 19.4. The maximum atomic E-state index is 13.8. The quantitative estimate of drug-likeness (QED) is 0.506. The Morgan fingerprint density at radius 3 is 2.19 bits per heavy atom. The summed E-state index contributed by atoms with van der Waals surface area (Å²) in [6.45, 7) is 0. The normalized spacial score (nSPS) is 24.9. The highest BCUT2D eigenvalue weighted by Gasteiger charge is 2.42. The number of benzene rings is 1. The minimum atomic E-state index is -4.18. The number of alkyl halides is 3. The summed E-state index contributed by atoms with van der Waals surface area (Å²) in [5.41, 5.74) is 2.65. The molecule has 0 amide bonds. The second kappa shape index (κ2) is 6.27. The highest BCUT2D eigenvalue weighted by Crippen LogP contribution is 2.43. The zero-order valence-electron chi connectivity index (χ0n) is 11.3.